The standard InChI is InChI=1S/C14H16N4O2S/c1-20-10-6-4-9(5-7-10)13-17-18-14(21-13)16-12(19)11-3-2-8-15-11/h4-7,11,15H,2-3,8H2,1H3,(H,16,18,19)/t11-/m1/s1. The van der Waals surface area contributed by atoms with Crippen LogP contribution in [0.5, 0.6) is 5.75 Å². The van der Waals surface area contributed by atoms with E-state index in [-0.39, 0.29) is 11.9 Å². The van der Waals surface area contributed by atoms with E-state index in [0.717, 1.165) is 35.7 Å². The molecule has 3 rings (SSSR count). The number of carbonyl (C=O) groups is 1. The van der Waals surface area contributed by atoms with E-state index >= 15 is 0 Å². The van der Waals surface area contributed by atoms with E-state index in [9.17, 15) is 4.79 Å². The summed E-state index contributed by atoms with van der Waals surface area (Å²) in [4.78, 5) is 12.0. The monoisotopic (exact) mass is 304 g/mol. The molecule has 2 heterocycles. The van der Waals surface area contributed by atoms with Gasteiger partial charge < -0.3 is 10.1 Å². The van der Waals surface area contributed by atoms with E-state index in [4.69, 9.17) is 4.74 Å². The van der Waals surface area contributed by atoms with Gasteiger partial charge in [0.15, 0.2) is 0 Å². The lowest BCUT2D eigenvalue weighted by Gasteiger charge is -2.07. The van der Waals surface area contributed by atoms with Gasteiger partial charge in [-0.15, -0.1) is 10.2 Å². The van der Waals surface area contributed by atoms with Gasteiger partial charge >= 0.3 is 0 Å². The minimum absolute atomic E-state index is 0.0371. The van der Waals surface area contributed by atoms with Crippen molar-refractivity contribution in [2.75, 3.05) is 19.0 Å². The number of nitrogens with zero attached hydrogens (tertiary/aromatic N) is 2. The SMILES string of the molecule is COc1ccc(-c2nnc(NC(=O)[C@H]3CCCN3)s2)cc1. The minimum atomic E-state index is -0.113. The zero-order chi connectivity index (χ0) is 14.7. The van der Waals surface area contributed by atoms with Gasteiger partial charge in [-0.3, -0.25) is 10.1 Å². The van der Waals surface area contributed by atoms with Gasteiger partial charge in [0.2, 0.25) is 11.0 Å². The predicted molar refractivity (Wildman–Crippen MR) is 81.6 cm³/mol. The second kappa shape index (κ2) is 6.19. The lowest BCUT2D eigenvalue weighted by atomic mass is 10.2. The topological polar surface area (TPSA) is 76.1 Å². The van der Waals surface area contributed by atoms with E-state index < -0.39 is 0 Å². The third kappa shape index (κ3) is 3.20. The van der Waals surface area contributed by atoms with Crippen molar-refractivity contribution in [3.8, 4) is 16.3 Å². The van der Waals surface area contributed by atoms with Crippen molar-refractivity contribution in [2.45, 2.75) is 18.9 Å². The highest BCUT2D eigenvalue weighted by atomic mass is 32.1. The summed E-state index contributed by atoms with van der Waals surface area (Å²) in [5.74, 6) is 0.758. The van der Waals surface area contributed by atoms with Crippen LogP contribution in [0.4, 0.5) is 5.13 Å². The number of aromatic nitrogens is 2. The van der Waals surface area contributed by atoms with Crippen molar-refractivity contribution in [3.05, 3.63) is 24.3 Å². The number of nitrogens with one attached hydrogen (secondary N) is 2. The van der Waals surface area contributed by atoms with E-state index in [0.29, 0.717) is 5.13 Å². The van der Waals surface area contributed by atoms with Crippen LogP contribution in [0, 0.1) is 0 Å². The Hall–Kier alpha value is -1.99. The first-order chi connectivity index (χ1) is 10.3. The summed E-state index contributed by atoms with van der Waals surface area (Å²) in [7, 11) is 1.63. The number of rotatable bonds is 4. The highest BCUT2D eigenvalue weighted by Gasteiger charge is 2.23. The first-order valence-corrected chi connectivity index (χ1v) is 7.60. The Morgan fingerprint density at radius 1 is 1.38 bits per heavy atom. The molecule has 2 N–H and O–H groups in total. The number of methoxy groups -OCH3 is 1. The van der Waals surface area contributed by atoms with Gasteiger partial charge in [0.1, 0.15) is 10.8 Å². The van der Waals surface area contributed by atoms with Crippen LogP contribution in [-0.4, -0.2) is 35.8 Å². The summed E-state index contributed by atoms with van der Waals surface area (Å²) in [5, 5.41) is 15.4. The van der Waals surface area contributed by atoms with Gasteiger partial charge in [-0.2, -0.15) is 0 Å². The van der Waals surface area contributed by atoms with Gasteiger partial charge in [-0.1, -0.05) is 11.3 Å². The second-order valence-electron chi connectivity index (χ2n) is 4.78. The fraction of sp³-hybridized carbons (Fsp3) is 0.357. The average molecular weight is 304 g/mol. The Morgan fingerprint density at radius 3 is 2.86 bits per heavy atom. The molecule has 1 amide bonds. The molecular weight excluding hydrogens is 288 g/mol. The van der Waals surface area contributed by atoms with E-state index in [1.165, 1.54) is 11.3 Å². The molecule has 110 valence electrons. The van der Waals surface area contributed by atoms with Crippen LogP contribution < -0.4 is 15.4 Å². The molecule has 1 fully saturated rings. The Bertz CT molecular complexity index is 620. The predicted octanol–water partition coefficient (Wildman–Crippen LogP) is 1.90. The lowest BCUT2D eigenvalue weighted by Crippen LogP contribution is -2.35. The fourth-order valence-electron chi connectivity index (χ4n) is 2.22. The molecule has 0 spiro atoms. The Balaban J connectivity index is 1.68. The number of ether oxygens (including phenoxy) is 1. The quantitative estimate of drug-likeness (QED) is 0.902. The van der Waals surface area contributed by atoms with Gasteiger partial charge in [0.25, 0.3) is 0 Å². The van der Waals surface area contributed by atoms with Crippen LogP contribution in [0.25, 0.3) is 10.6 Å². The maximum atomic E-state index is 12.0. The zero-order valence-corrected chi connectivity index (χ0v) is 12.4. The number of carbonyl (C=O) groups excluding carboxylic acids is 1. The molecular formula is C14H16N4O2S. The van der Waals surface area contributed by atoms with Gasteiger partial charge in [0.05, 0.1) is 13.2 Å². The number of hydrogen-bond donors (Lipinski definition) is 2. The van der Waals surface area contributed by atoms with Gasteiger partial charge in [0, 0.05) is 5.56 Å². The summed E-state index contributed by atoms with van der Waals surface area (Å²) in [5.41, 5.74) is 0.952. The number of benzene rings is 1. The van der Waals surface area contributed by atoms with Crippen molar-refractivity contribution in [1.82, 2.24) is 15.5 Å². The highest BCUT2D eigenvalue weighted by Crippen LogP contribution is 2.27. The highest BCUT2D eigenvalue weighted by molar-refractivity contribution is 7.18. The first kappa shape index (κ1) is 14.0. The van der Waals surface area contributed by atoms with Crippen LogP contribution in [-0.2, 0) is 4.79 Å². The Kier molecular flexibility index (Phi) is 4.12. The normalized spacial score (nSPS) is 17.7. The molecule has 2 aromatic rings. The molecule has 0 radical (unpaired) electrons. The molecule has 0 saturated carbocycles. The summed E-state index contributed by atoms with van der Waals surface area (Å²) in [6, 6.07) is 7.47. The van der Waals surface area contributed by atoms with Crippen LogP contribution in [0.3, 0.4) is 0 Å². The summed E-state index contributed by atoms with van der Waals surface area (Å²) >= 11 is 1.36. The Labute approximate surface area is 126 Å². The maximum Gasteiger partial charge on any atom is 0.243 e. The molecule has 0 bridgehead atoms. The van der Waals surface area contributed by atoms with Crippen LogP contribution >= 0.6 is 11.3 Å². The van der Waals surface area contributed by atoms with Crippen molar-refractivity contribution < 1.29 is 9.53 Å². The van der Waals surface area contributed by atoms with Crippen molar-refractivity contribution in [1.29, 1.82) is 0 Å². The molecule has 1 aliphatic rings. The Morgan fingerprint density at radius 2 is 2.19 bits per heavy atom. The molecule has 1 aromatic heterocycles. The second-order valence-corrected chi connectivity index (χ2v) is 5.76. The van der Waals surface area contributed by atoms with Crippen LogP contribution in [0.15, 0.2) is 24.3 Å². The molecule has 7 heteroatoms. The van der Waals surface area contributed by atoms with Crippen LogP contribution in [0.1, 0.15) is 12.8 Å². The molecule has 0 aliphatic carbocycles. The maximum absolute atomic E-state index is 12.0. The fourth-order valence-corrected chi connectivity index (χ4v) is 2.98. The molecule has 0 unspecified atom stereocenters. The van der Waals surface area contributed by atoms with E-state index in [1.807, 2.05) is 24.3 Å². The van der Waals surface area contributed by atoms with Crippen molar-refractivity contribution >= 4 is 22.4 Å². The molecule has 21 heavy (non-hydrogen) atoms. The summed E-state index contributed by atoms with van der Waals surface area (Å²) in [6.07, 6.45) is 1.90. The first-order valence-electron chi connectivity index (χ1n) is 6.78. The molecule has 1 aromatic carbocycles. The number of hydrogen-bond acceptors (Lipinski definition) is 6. The third-order valence-electron chi connectivity index (χ3n) is 3.37. The van der Waals surface area contributed by atoms with Gasteiger partial charge in [-0.05, 0) is 43.7 Å². The lowest BCUT2D eigenvalue weighted by molar-refractivity contribution is -0.117. The van der Waals surface area contributed by atoms with Gasteiger partial charge in [-0.25, -0.2) is 0 Å². The van der Waals surface area contributed by atoms with Crippen molar-refractivity contribution in [2.24, 2.45) is 0 Å². The minimum Gasteiger partial charge on any atom is -0.497 e. The van der Waals surface area contributed by atoms with E-state index in [2.05, 4.69) is 20.8 Å². The molecule has 1 saturated heterocycles. The van der Waals surface area contributed by atoms with Crippen molar-refractivity contribution in [3.63, 3.8) is 0 Å². The number of anilines is 1. The molecule has 6 nitrogen and oxygen atoms in total. The zero-order valence-electron chi connectivity index (χ0n) is 11.6. The number of amides is 1. The molecule has 1 atom stereocenters. The van der Waals surface area contributed by atoms with Crippen LogP contribution in [0.2, 0.25) is 0 Å². The smallest absolute Gasteiger partial charge is 0.243 e. The molecule has 1 aliphatic heterocycles. The average Bonchev–Trinajstić information content (AvgIpc) is 3.19. The summed E-state index contributed by atoms with van der Waals surface area (Å²) in [6.45, 7) is 0.894. The third-order valence-corrected chi connectivity index (χ3v) is 4.26. The van der Waals surface area contributed by atoms with E-state index in [1.54, 1.807) is 7.11 Å². The summed E-state index contributed by atoms with van der Waals surface area (Å²) < 4.78 is 5.12. The largest absolute Gasteiger partial charge is 0.497 e.